The summed E-state index contributed by atoms with van der Waals surface area (Å²) in [5, 5.41) is 2.81. The normalized spacial score (nSPS) is 14.5. The highest BCUT2D eigenvalue weighted by Crippen LogP contribution is 2.28. The molecule has 0 unspecified atom stereocenters. The second-order valence-corrected chi connectivity index (χ2v) is 5.37. The Labute approximate surface area is 115 Å². The predicted octanol–water partition coefficient (Wildman–Crippen LogP) is 2.19. The van der Waals surface area contributed by atoms with Crippen molar-refractivity contribution in [3.05, 3.63) is 28.2 Å². The lowest BCUT2D eigenvalue weighted by atomic mass is 10.2. The Hall–Kier alpha value is -1.07. The minimum atomic E-state index is -0.135. The number of amides is 1. The topological polar surface area (TPSA) is 64.4 Å². The molecular weight excluding hydrogens is 296 g/mol. The summed E-state index contributed by atoms with van der Waals surface area (Å²) < 4.78 is 6.19. The molecule has 5 heteroatoms. The molecule has 0 saturated heterocycles. The fourth-order valence-corrected chi connectivity index (χ4v) is 2.01. The summed E-state index contributed by atoms with van der Waals surface area (Å²) in [4.78, 5) is 11.9. The van der Waals surface area contributed by atoms with Crippen molar-refractivity contribution >= 4 is 27.5 Å². The molecule has 0 bridgehead atoms. The minimum Gasteiger partial charge on any atom is -0.399 e. The lowest BCUT2D eigenvalue weighted by molar-refractivity contribution is 0.0906. The molecule has 1 aliphatic rings. The van der Waals surface area contributed by atoms with Crippen molar-refractivity contribution in [2.75, 3.05) is 25.5 Å². The van der Waals surface area contributed by atoms with Gasteiger partial charge < -0.3 is 15.8 Å². The van der Waals surface area contributed by atoms with Gasteiger partial charge in [0, 0.05) is 23.3 Å². The maximum Gasteiger partial charge on any atom is 0.252 e. The first-order valence-electron chi connectivity index (χ1n) is 6.08. The molecule has 1 amide bonds. The molecule has 98 valence electrons. The van der Waals surface area contributed by atoms with Crippen molar-refractivity contribution in [3.63, 3.8) is 0 Å². The number of carbonyl (C=O) groups is 1. The summed E-state index contributed by atoms with van der Waals surface area (Å²) in [5.41, 5.74) is 6.79. The number of benzene rings is 1. The Bertz CT molecular complexity index is 433. The van der Waals surface area contributed by atoms with Crippen molar-refractivity contribution in [1.82, 2.24) is 5.32 Å². The van der Waals surface area contributed by atoms with Gasteiger partial charge in [0.15, 0.2) is 0 Å². The first-order chi connectivity index (χ1) is 8.66. The summed E-state index contributed by atoms with van der Waals surface area (Å²) in [5.74, 6) is 0.618. The van der Waals surface area contributed by atoms with Crippen LogP contribution >= 0.6 is 15.9 Å². The van der Waals surface area contributed by atoms with Crippen molar-refractivity contribution in [2.45, 2.75) is 12.8 Å². The number of hydrogen-bond donors (Lipinski definition) is 2. The Balaban J connectivity index is 1.74. The van der Waals surface area contributed by atoms with E-state index in [0.29, 0.717) is 24.4 Å². The number of anilines is 1. The maximum atomic E-state index is 11.9. The zero-order valence-corrected chi connectivity index (χ0v) is 11.7. The molecule has 0 aromatic heterocycles. The molecule has 4 nitrogen and oxygen atoms in total. The van der Waals surface area contributed by atoms with E-state index < -0.39 is 0 Å². The van der Waals surface area contributed by atoms with Gasteiger partial charge >= 0.3 is 0 Å². The van der Waals surface area contributed by atoms with Gasteiger partial charge in [0.2, 0.25) is 0 Å². The van der Waals surface area contributed by atoms with Crippen LogP contribution in [0.1, 0.15) is 23.2 Å². The lowest BCUT2D eigenvalue weighted by Crippen LogP contribution is -2.27. The van der Waals surface area contributed by atoms with Crippen LogP contribution in [0.25, 0.3) is 0 Å². The summed E-state index contributed by atoms with van der Waals surface area (Å²) in [6, 6.07) is 5.18. The number of halogens is 1. The smallest absolute Gasteiger partial charge is 0.252 e. The molecule has 0 atom stereocenters. The lowest BCUT2D eigenvalue weighted by Gasteiger charge is -2.08. The van der Waals surface area contributed by atoms with Gasteiger partial charge in [-0.2, -0.15) is 0 Å². The fourth-order valence-electron chi connectivity index (χ4n) is 1.58. The van der Waals surface area contributed by atoms with Gasteiger partial charge in [-0.05, 0) is 52.9 Å². The summed E-state index contributed by atoms with van der Waals surface area (Å²) in [7, 11) is 0. The summed E-state index contributed by atoms with van der Waals surface area (Å²) >= 11 is 3.33. The SMILES string of the molecule is Nc1ccc(Br)c(C(=O)NCCOCC2CC2)c1. The Morgan fingerprint density at radius 3 is 3.00 bits per heavy atom. The molecule has 18 heavy (non-hydrogen) atoms. The average molecular weight is 313 g/mol. The standard InChI is InChI=1S/C13H17BrN2O2/c14-12-4-3-10(15)7-11(12)13(17)16-5-6-18-8-9-1-2-9/h3-4,7,9H,1-2,5-6,8,15H2,(H,16,17). The van der Waals surface area contributed by atoms with E-state index in [9.17, 15) is 4.79 Å². The van der Waals surface area contributed by atoms with Crippen molar-refractivity contribution in [3.8, 4) is 0 Å². The summed E-state index contributed by atoms with van der Waals surface area (Å²) in [6.07, 6.45) is 2.56. The molecular formula is C13H17BrN2O2. The number of carbonyl (C=O) groups excluding carboxylic acids is 1. The first kappa shape index (κ1) is 13.4. The molecule has 0 radical (unpaired) electrons. The molecule has 1 aromatic carbocycles. The van der Waals surface area contributed by atoms with E-state index in [1.165, 1.54) is 12.8 Å². The highest BCUT2D eigenvalue weighted by Gasteiger charge is 2.20. The van der Waals surface area contributed by atoms with Gasteiger partial charge in [-0.3, -0.25) is 4.79 Å². The number of hydrogen-bond acceptors (Lipinski definition) is 3. The Morgan fingerprint density at radius 1 is 1.50 bits per heavy atom. The largest absolute Gasteiger partial charge is 0.399 e. The number of nitrogens with one attached hydrogen (secondary N) is 1. The van der Waals surface area contributed by atoms with Crippen LogP contribution in [0.15, 0.2) is 22.7 Å². The molecule has 1 aliphatic carbocycles. The third-order valence-corrected chi connectivity index (χ3v) is 3.51. The molecule has 1 saturated carbocycles. The van der Waals surface area contributed by atoms with E-state index >= 15 is 0 Å². The minimum absolute atomic E-state index is 0.135. The second-order valence-electron chi connectivity index (χ2n) is 4.51. The van der Waals surface area contributed by atoms with Gasteiger partial charge in [-0.1, -0.05) is 0 Å². The van der Waals surface area contributed by atoms with Crippen LogP contribution < -0.4 is 11.1 Å². The zero-order valence-electron chi connectivity index (χ0n) is 10.1. The average Bonchev–Trinajstić information content (AvgIpc) is 3.15. The zero-order chi connectivity index (χ0) is 13.0. The number of nitrogens with two attached hydrogens (primary N) is 1. The van der Waals surface area contributed by atoms with Crippen LogP contribution in [0.3, 0.4) is 0 Å². The third kappa shape index (κ3) is 3.99. The second kappa shape index (κ2) is 6.20. The van der Waals surface area contributed by atoms with Gasteiger partial charge in [-0.25, -0.2) is 0 Å². The van der Waals surface area contributed by atoms with Crippen LogP contribution in [0.4, 0.5) is 5.69 Å². The molecule has 3 N–H and O–H groups in total. The van der Waals surface area contributed by atoms with Gasteiger partial charge in [0.25, 0.3) is 5.91 Å². The molecule has 0 spiro atoms. The van der Waals surface area contributed by atoms with Crippen LogP contribution in [-0.2, 0) is 4.74 Å². The first-order valence-corrected chi connectivity index (χ1v) is 6.87. The quantitative estimate of drug-likeness (QED) is 0.625. The molecule has 1 fully saturated rings. The Morgan fingerprint density at radius 2 is 2.28 bits per heavy atom. The fraction of sp³-hybridized carbons (Fsp3) is 0.462. The van der Waals surface area contributed by atoms with E-state index in [-0.39, 0.29) is 5.91 Å². The van der Waals surface area contributed by atoms with E-state index in [0.717, 1.165) is 17.0 Å². The summed E-state index contributed by atoms with van der Waals surface area (Å²) in [6.45, 7) is 1.90. The van der Waals surface area contributed by atoms with E-state index in [1.807, 2.05) is 0 Å². The molecule has 1 aromatic rings. The van der Waals surface area contributed by atoms with Gasteiger partial charge in [0.1, 0.15) is 0 Å². The van der Waals surface area contributed by atoms with Crippen LogP contribution in [0.5, 0.6) is 0 Å². The van der Waals surface area contributed by atoms with Crippen LogP contribution in [0, 0.1) is 5.92 Å². The molecule has 0 heterocycles. The number of rotatable bonds is 6. The number of ether oxygens (including phenoxy) is 1. The Kier molecular flexibility index (Phi) is 4.60. The third-order valence-electron chi connectivity index (χ3n) is 2.82. The maximum absolute atomic E-state index is 11.9. The van der Waals surface area contributed by atoms with E-state index in [4.69, 9.17) is 10.5 Å². The van der Waals surface area contributed by atoms with Crippen LogP contribution in [0.2, 0.25) is 0 Å². The van der Waals surface area contributed by atoms with Crippen molar-refractivity contribution in [2.24, 2.45) is 5.92 Å². The molecule has 2 rings (SSSR count). The highest BCUT2D eigenvalue weighted by molar-refractivity contribution is 9.10. The van der Waals surface area contributed by atoms with Crippen molar-refractivity contribution < 1.29 is 9.53 Å². The van der Waals surface area contributed by atoms with Gasteiger partial charge in [-0.15, -0.1) is 0 Å². The van der Waals surface area contributed by atoms with Gasteiger partial charge in [0.05, 0.1) is 12.2 Å². The van der Waals surface area contributed by atoms with E-state index in [2.05, 4.69) is 21.2 Å². The molecule has 0 aliphatic heterocycles. The monoisotopic (exact) mass is 312 g/mol. The van der Waals surface area contributed by atoms with Crippen LogP contribution in [-0.4, -0.2) is 25.7 Å². The highest BCUT2D eigenvalue weighted by atomic mass is 79.9. The van der Waals surface area contributed by atoms with Crippen molar-refractivity contribution in [1.29, 1.82) is 0 Å². The predicted molar refractivity (Wildman–Crippen MR) is 74.4 cm³/mol. The van der Waals surface area contributed by atoms with E-state index in [1.54, 1.807) is 18.2 Å². The number of nitrogen functional groups attached to an aromatic ring is 1.